The van der Waals surface area contributed by atoms with E-state index in [0.29, 0.717) is 23.6 Å². The number of carbonyl (C=O) groups excluding carboxylic acids is 1. The summed E-state index contributed by atoms with van der Waals surface area (Å²) in [5.74, 6) is -0.487. The van der Waals surface area contributed by atoms with Gasteiger partial charge in [-0.25, -0.2) is 4.39 Å². The van der Waals surface area contributed by atoms with Gasteiger partial charge in [-0.3, -0.25) is 4.79 Å². The molecule has 1 aliphatic rings. The van der Waals surface area contributed by atoms with Crippen molar-refractivity contribution in [3.8, 4) is 0 Å². The summed E-state index contributed by atoms with van der Waals surface area (Å²) in [6.07, 6.45) is 2.52. The molecule has 0 aliphatic heterocycles. The minimum Gasteiger partial charge on any atom is -0.289 e. The number of halogens is 1. The molecular weight excluding hydrogens is 215 g/mol. The van der Waals surface area contributed by atoms with Gasteiger partial charge < -0.3 is 0 Å². The Morgan fingerprint density at radius 2 is 2.00 bits per heavy atom. The first-order chi connectivity index (χ1) is 8.42. The molecule has 0 atom stereocenters. The van der Waals surface area contributed by atoms with E-state index in [1.165, 1.54) is 24.3 Å². The summed E-state index contributed by atoms with van der Waals surface area (Å²) in [7, 11) is 0. The number of hydrogen-bond donors (Lipinski definition) is 0. The van der Waals surface area contributed by atoms with Crippen LogP contribution in [0.5, 0.6) is 0 Å². The van der Waals surface area contributed by atoms with E-state index in [-0.39, 0.29) is 17.0 Å². The van der Waals surface area contributed by atoms with Gasteiger partial charge >= 0.3 is 0 Å². The maximum absolute atomic E-state index is 12.9. The van der Waals surface area contributed by atoms with Crippen LogP contribution < -0.4 is 0 Å². The number of ketones is 1. The molecule has 0 saturated heterocycles. The van der Waals surface area contributed by atoms with Crippen LogP contribution in [-0.4, -0.2) is 5.78 Å². The third kappa shape index (κ3) is 2.46. The van der Waals surface area contributed by atoms with E-state index in [2.05, 4.69) is 0 Å². The highest BCUT2D eigenvalue weighted by atomic mass is 19.1. The fourth-order valence-electron chi connectivity index (χ4n) is 2.24. The minimum absolute atomic E-state index is 0.135. The summed E-state index contributed by atoms with van der Waals surface area (Å²) < 4.78 is 20.9. The first kappa shape index (κ1) is 10.7. The van der Waals surface area contributed by atoms with Gasteiger partial charge in [-0.1, -0.05) is 19.9 Å². The van der Waals surface area contributed by atoms with E-state index in [0.717, 1.165) is 12.8 Å². The molecular formula is C15H17FO. The molecule has 1 aliphatic carbocycles. The highest BCUT2D eigenvalue weighted by Gasteiger charge is 2.30. The van der Waals surface area contributed by atoms with E-state index in [4.69, 9.17) is 1.37 Å². The normalized spacial score (nSPS) is 20.1. The van der Waals surface area contributed by atoms with Crippen LogP contribution in [0.2, 0.25) is 0 Å². The van der Waals surface area contributed by atoms with Crippen molar-refractivity contribution >= 4 is 5.78 Å². The molecule has 0 N–H and O–H groups in total. The minimum atomic E-state index is -0.352. The van der Waals surface area contributed by atoms with Gasteiger partial charge in [0, 0.05) is 11.1 Å². The van der Waals surface area contributed by atoms with Crippen molar-refractivity contribution < 1.29 is 10.6 Å². The zero-order valence-corrected chi connectivity index (χ0v) is 10.2. The van der Waals surface area contributed by atoms with Crippen molar-refractivity contribution in [2.75, 3.05) is 0 Å². The van der Waals surface area contributed by atoms with Crippen LogP contribution in [0.25, 0.3) is 0 Å². The van der Waals surface area contributed by atoms with Gasteiger partial charge in [0.2, 0.25) is 0 Å². The maximum Gasteiger partial charge on any atom is 0.189 e. The van der Waals surface area contributed by atoms with E-state index < -0.39 is 0 Å². The monoisotopic (exact) mass is 233 g/mol. The van der Waals surface area contributed by atoms with E-state index >= 15 is 0 Å². The highest BCUT2D eigenvalue weighted by molar-refractivity contribution is 6.09. The van der Waals surface area contributed by atoms with E-state index in [1.807, 2.05) is 13.8 Å². The second-order valence-corrected chi connectivity index (χ2v) is 5.13. The van der Waals surface area contributed by atoms with Gasteiger partial charge in [-0.05, 0) is 48.9 Å². The van der Waals surface area contributed by atoms with Gasteiger partial charge in [0.25, 0.3) is 0 Å². The van der Waals surface area contributed by atoms with Crippen LogP contribution in [0.15, 0.2) is 35.9 Å². The lowest BCUT2D eigenvalue weighted by Crippen LogP contribution is -2.24. The SMILES string of the molecule is [2H]C1=C(C(=O)c2ccc(F)cc2)C(C)(C)CCC1. The number of Topliss-reactive ketones (excluding diaryl/α,β-unsaturated/α-hetero) is 1. The lowest BCUT2D eigenvalue weighted by atomic mass is 9.73. The zero-order valence-electron chi connectivity index (χ0n) is 11.2. The van der Waals surface area contributed by atoms with E-state index in [9.17, 15) is 9.18 Å². The number of hydrogen-bond acceptors (Lipinski definition) is 1. The summed E-state index contributed by atoms with van der Waals surface area (Å²) in [6.45, 7) is 3.99. The fourth-order valence-corrected chi connectivity index (χ4v) is 2.24. The molecule has 17 heavy (non-hydrogen) atoms. The molecule has 0 amide bonds. The predicted molar refractivity (Wildman–Crippen MR) is 66.4 cm³/mol. The number of carbonyl (C=O) groups is 1. The molecule has 2 heteroatoms. The van der Waals surface area contributed by atoms with Gasteiger partial charge in [0.15, 0.2) is 5.78 Å². The van der Waals surface area contributed by atoms with E-state index in [1.54, 1.807) is 0 Å². The Balaban J connectivity index is 2.41. The maximum atomic E-state index is 12.9. The largest absolute Gasteiger partial charge is 0.289 e. The molecule has 0 spiro atoms. The molecule has 1 aromatic carbocycles. The second-order valence-electron chi connectivity index (χ2n) is 5.13. The molecule has 2 rings (SSSR count). The number of benzene rings is 1. The molecule has 0 aromatic heterocycles. The molecule has 0 bridgehead atoms. The van der Waals surface area contributed by atoms with Crippen LogP contribution in [-0.2, 0) is 0 Å². The summed E-state index contributed by atoms with van der Waals surface area (Å²) >= 11 is 0. The third-order valence-corrected chi connectivity index (χ3v) is 3.29. The Bertz CT molecular complexity index is 500. The average molecular weight is 233 g/mol. The Morgan fingerprint density at radius 1 is 1.35 bits per heavy atom. The highest BCUT2D eigenvalue weighted by Crippen LogP contribution is 2.38. The fraction of sp³-hybridized carbons (Fsp3) is 0.400. The quantitative estimate of drug-likeness (QED) is 0.701. The molecule has 0 radical (unpaired) electrons. The second kappa shape index (κ2) is 4.44. The molecule has 0 saturated carbocycles. The molecule has 0 fully saturated rings. The van der Waals surface area contributed by atoms with Crippen LogP contribution in [0, 0.1) is 11.2 Å². The summed E-state index contributed by atoms with van der Waals surface area (Å²) in [4.78, 5) is 12.4. The van der Waals surface area contributed by atoms with Crippen molar-refractivity contribution in [3.63, 3.8) is 0 Å². The van der Waals surface area contributed by atoms with Crippen molar-refractivity contribution in [2.45, 2.75) is 33.1 Å². The molecule has 90 valence electrons. The average Bonchev–Trinajstić information content (AvgIpc) is 2.28. The van der Waals surface area contributed by atoms with Gasteiger partial charge in [0.1, 0.15) is 5.82 Å². The lowest BCUT2D eigenvalue weighted by Gasteiger charge is -2.30. The Hall–Kier alpha value is -1.44. The lowest BCUT2D eigenvalue weighted by molar-refractivity contribution is 0.1000. The number of allylic oxidation sites excluding steroid dienone is 2. The molecule has 1 aromatic rings. The van der Waals surface area contributed by atoms with Crippen LogP contribution >= 0.6 is 0 Å². The Labute approximate surface area is 103 Å². The van der Waals surface area contributed by atoms with Gasteiger partial charge in [-0.15, -0.1) is 0 Å². The van der Waals surface area contributed by atoms with Gasteiger partial charge in [-0.2, -0.15) is 0 Å². The summed E-state index contributed by atoms with van der Waals surface area (Å²) in [5, 5.41) is 0. The standard InChI is InChI=1S/C15H17FO/c1-15(2)10-4-3-5-13(15)14(17)11-6-8-12(16)9-7-11/h5-9H,3-4,10H2,1-2H3/i5D. The smallest absolute Gasteiger partial charge is 0.189 e. The van der Waals surface area contributed by atoms with Crippen molar-refractivity contribution in [1.29, 1.82) is 0 Å². The number of rotatable bonds is 2. The van der Waals surface area contributed by atoms with Crippen LogP contribution in [0.3, 0.4) is 0 Å². The molecule has 1 nitrogen and oxygen atoms in total. The van der Waals surface area contributed by atoms with Gasteiger partial charge in [0.05, 0.1) is 1.37 Å². The third-order valence-electron chi connectivity index (χ3n) is 3.29. The Kier molecular flexibility index (Phi) is 2.79. The predicted octanol–water partition coefficient (Wildman–Crippen LogP) is 4.14. The molecule has 0 heterocycles. The first-order valence-corrected chi connectivity index (χ1v) is 5.92. The van der Waals surface area contributed by atoms with Crippen molar-refractivity contribution in [1.82, 2.24) is 0 Å². The zero-order chi connectivity index (χ0) is 13.3. The first-order valence-electron chi connectivity index (χ1n) is 6.42. The van der Waals surface area contributed by atoms with Crippen LogP contribution in [0.1, 0.15) is 44.8 Å². The Morgan fingerprint density at radius 3 is 2.59 bits per heavy atom. The molecule has 0 unspecified atom stereocenters. The van der Waals surface area contributed by atoms with Crippen molar-refractivity contribution in [3.05, 3.63) is 47.3 Å². The topological polar surface area (TPSA) is 17.1 Å². The van der Waals surface area contributed by atoms with Crippen LogP contribution in [0.4, 0.5) is 4.39 Å². The summed E-state index contributed by atoms with van der Waals surface area (Å²) in [5.41, 5.74) is 0.785. The summed E-state index contributed by atoms with van der Waals surface area (Å²) in [6, 6.07) is 5.98. The van der Waals surface area contributed by atoms with Crippen molar-refractivity contribution in [2.24, 2.45) is 5.41 Å².